The van der Waals surface area contributed by atoms with Crippen molar-refractivity contribution in [2.45, 2.75) is 6.04 Å². The Labute approximate surface area is 109 Å². The van der Waals surface area contributed by atoms with Crippen molar-refractivity contribution in [2.24, 2.45) is 0 Å². The quantitative estimate of drug-likeness (QED) is 0.764. The van der Waals surface area contributed by atoms with Crippen LogP contribution in [0.1, 0.15) is 11.6 Å². The van der Waals surface area contributed by atoms with E-state index in [0.29, 0.717) is 0 Å². The zero-order valence-corrected chi connectivity index (χ0v) is 11.1. The summed E-state index contributed by atoms with van der Waals surface area (Å²) in [5.74, 6) is -0.119. The van der Waals surface area contributed by atoms with E-state index in [9.17, 15) is 4.39 Å². The van der Waals surface area contributed by atoms with Crippen molar-refractivity contribution >= 4 is 35.0 Å². The molecule has 1 fully saturated rings. The molecular formula is C10H13ClFIN2. The molecule has 0 unspecified atom stereocenters. The van der Waals surface area contributed by atoms with Gasteiger partial charge in [0.2, 0.25) is 0 Å². The first-order valence-electron chi connectivity index (χ1n) is 4.66. The molecule has 1 heterocycles. The maximum atomic E-state index is 13.5. The van der Waals surface area contributed by atoms with E-state index in [1.54, 1.807) is 6.07 Å². The molecule has 2 nitrogen and oxygen atoms in total. The molecule has 1 saturated heterocycles. The highest BCUT2D eigenvalue weighted by molar-refractivity contribution is 14.1. The predicted octanol–water partition coefficient (Wildman–Crippen LogP) is 2.09. The molecule has 15 heavy (non-hydrogen) atoms. The van der Waals surface area contributed by atoms with E-state index < -0.39 is 0 Å². The van der Waals surface area contributed by atoms with Gasteiger partial charge in [-0.1, -0.05) is 0 Å². The van der Waals surface area contributed by atoms with Gasteiger partial charge in [-0.3, -0.25) is 0 Å². The Morgan fingerprint density at radius 1 is 1.33 bits per heavy atom. The highest BCUT2D eigenvalue weighted by Crippen LogP contribution is 2.20. The van der Waals surface area contributed by atoms with Crippen LogP contribution in [0.3, 0.4) is 0 Å². The fraction of sp³-hybridized carbons (Fsp3) is 0.400. The summed E-state index contributed by atoms with van der Waals surface area (Å²) < 4.78 is 14.6. The van der Waals surface area contributed by atoms with Gasteiger partial charge in [0.25, 0.3) is 0 Å². The van der Waals surface area contributed by atoms with Crippen LogP contribution in [0.5, 0.6) is 0 Å². The molecule has 0 radical (unpaired) electrons. The van der Waals surface area contributed by atoms with Gasteiger partial charge in [-0.25, -0.2) is 4.39 Å². The summed E-state index contributed by atoms with van der Waals surface area (Å²) in [5.41, 5.74) is 0.768. The summed E-state index contributed by atoms with van der Waals surface area (Å²) in [5, 5.41) is 6.55. The maximum absolute atomic E-state index is 13.5. The fourth-order valence-corrected chi connectivity index (χ4v) is 2.17. The minimum atomic E-state index is -0.119. The Balaban J connectivity index is 0.00000112. The lowest BCUT2D eigenvalue weighted by atomic mass is 10.1. The largest absolute Gasteiger partial charge is 0.314 e. The summed E-state index contributed by atoms with van der Waals surface area (Å²) in [6, 6.07) is 5.34. The molecule has 2 N–H and O–H groups in total. The Bertz CT molecular complexity index is 329. The average molecular weight is 343 g/mol. The van der Waals surface area contributed by atoms with Gasteiger partial charge in [-0.15, -0.1) is 12.4 Å². The lowest BCUT2D eigenvalue weighted by molar-refractivity contribution is 0.416. The molecule has 0 bridgehead atoms. The highest BCUT2D eigenvalue weighted by atomic mass is 127. The number of hydrogen-bond acceptors (Lipinski definition) is 2. The number of piperazine rings is 1. The molecule has 1 aliphatic heterocycles. The third kappa shape index (κ3) is 3.27. The van der Waals surface area contributed by atoms with E-state index in [1.165, 1.54) is 6.07 Å². The predicted molar refractivity (Wildman–Crippen MR) is 70.0 cm³/mol. The Hall–Kier alpha value is 0.0900. The standard InChI is InChI=1S/C10H12FIN2.ClH/c11-9-2-1-7(12)5-8(9)10-6-13-3-4-14-10;/h1-2,5,10,13-14H,3-4,6H2;1H/t10-;/m0./s1. The SMILES string of the molecule is Cl.Fc1ccc(I)cc1[C@@H]1CNCCN1. The van der Waals surface area contributed by atoms with Crippen LogP contribution in [-0.4, -0.2) is 19.6 Å². The number of benzene rings is 1. The molecule has 0 aromatic heterocycles. The summed E-state index contributed by atoms with van der Waals surface area (Å²) in [7, 11) is 0. The van der Waals surface area contributed by atoms with Gasteiger partial charge < -0.3 is 10.6 Å². The normalized spacial score (nSPS) is 20.8. The molecule has 1 aliphatic rings. The monoisotopic (exact) mass is 342 g/mol. The third-order valence-corrected chi connectivity index (χ3v) is 3.05. The van der Waals surface area contributed by atoms with E-state index in [4.69, 9.17) is 0 Å². The van der Waals surface area contributed by atoms with Crippen LogP contribution in [0.4, 0.5) is 4.39 Å². The summed E-state index contributed by atoms with van der Waals surface area (Å²) in [4.78, 5) is 0. The lowest BCUT2D eigenvalue weighted by Crippen LogP contribution is -2.43. The van der Waals surface area contributed by atoms with Gasteiger partial charge in [0, 0.05) is 34.8 Å². The number of halogens is 3. The zero-order valence-electron chi connectivity index (χ0n) is 8.09. The summed E-state index contributed by atoms with van der Waals surface area (Å²) in [6.07, 6.45) is 0. The molecule has 1 aromatic carbocycles. The van der Waals surface area contributed by atoms with Gasteiger partial charge in [0.05, 0.1) is 0 Å². The summed E-state index contributed by atoms with van der Waals surface area (Å²) in [6.45, 7) is 2.66. The smallest absolute Gasteiger partial charge is 0.128 e. The van der Waals surface area contributed by atoms with Gasteiger partial charge in [0.15, 0.2) is 0 Å². The molecule has 0 amide bonds. The van der Waals surface area contributed by atoms with Crippen molar-refractivity contribution in [2.75, 3.05) is 19.6 Å². The van der Waals surface area contributed by atoms with Crippen LogP contribution in [0.15, 0.2) is 18.2 Å². The second-order valence-electron chi connectivity index (χ2n) is 3.38. The third-order valence-electron chi connectivity index (χ3n) is 2.37. The molecule has 0 saturated carbocycles. The van der Waals surface area contributed by atoms with Crippen LogP contribution < -0.4 is 10.6 Å². The molecule has 1 aromatic rings. The van der Waals surface area contributed by atoms with Gasteiger partial charge in [0.1, 0.15) is 5.82 Å². The van der Waals surface area contributed by atoms with Crippen LogP contribution in [0, 0.1) is 9.39 Å². The van der Waals surface area contributed by atoms with Crippen LogP contribution >= 0.6 is 35.0 Å². The van der Waals surface area contributed by atoms with E-state index >= 15 is 0 Å². The second kappa shape index (κ2) is 5.98. The van der Waals surface area contributed by atoms with Gasteiger partial charge in [-0.05, 0) is 40.8 Å². The highest BCUT2D eigenvalue weighted by Gasteiger charge is 2.17. The Morgan fingerprint density at radius 3 is 2.80 bits per heavy atom. The van der Waals surface area contributed by atoms with E-state index in [1.807, 2.05) is 6.07 Å². The van der Waals surface area contributed by atoms with Crippen molar-refractivity contribution < 1.29 is 4.39 Å². The number of rotatable bonds is 1. The van der Waals surface area contributed by atoms with E-state index in [-0.39, 0.29) is 24.3 Å². The van der Waals surface area contributed by atoms with Crippen LogP contribution in [-0.2, 0) is 0 Å². The number of hydrogen-bond donors (Lipinski definition) is 2. The molecular weight excluding hydrogens is 329 g/mol. The first kappa shape index (κ1) is 13.2. The molecule has 0 aliphatic carbocycles. The fourth-order valence-electron chi connectivity index (χ4n) is 1.65. The minimum absolute atomic E-state index is 0. The zero-order chi connectivity index (χ0) is 9.97. The minimum Gasteiger partial charge on any atom is -0.314 e. The molecule has 0 spiro atoms. The average Bonchev–Trinajstić information content (AvgIpc) is 2.23. The lowest BCUT2D eigenvalue weighted by Gasteiger charge is -2.25. The molecule has 5 heteroatoms. The first-order chi connectivity index (χ1) is 6.77. The van der Waals surface area contributed by atoms with Crippen molar-refractivity contribution in [3.63, 3.8) is 0 Å². The van der Waals surface area contributed by atoms with Gasteiger partial charge >= 0.3 is 0 Å². The Morgan fingerprint density at radius 2 is 2.13 bits per heavy atom. The van der Waals surface area contributed by atoms with Crippen molar-refractivity contribution in [3.8, 4) is 0 Å². The molecule has 84 valence electrons. The summed E-state index contributed by atoms with van der Waals surface area (Å²) >= 11 is 2.20. The first-order valence-corrected chi connectivity index (χ1v) is 5.74. The number of nitrogens with one attached hydrogen (secondary N) is 2. The maximum Gasteiger partial charge on any atom is 0.128 e. The van der Waals surface area contributed by atoms with E-state index in [2.05, 4.69) is 33.2 Å². The molecule has 1 atom stereocenters. The molecule has 2 rings (SSSR count). The second-order valence-corrected chi connectivity index (χ2v) is 4.62. The van der Waals surface area contributed by atoms with Gasteiger partial charge in [-0.2, -0.15) is 0 Å². The van der Waals surface area contributed by atoms with Crippen LogP contribution in [0.25, 0.3) is 0 Å². The Kier molecular flexibility index (Phi) is 5.25. The van der Waals surface area contributed by atoms with Crippen molar-refractivity contribution in [1.29, 1.82) is 0 Å². The van der Waals surface area contributed by atoms with Crippen molar-refractivity contribution in [3.05, 3.63) is 33.1 Å². The topological polar surface area (TPSA) is 24.1 Å². The van der Waals surface area contributed by atoms with E-state index in [0.717, 1.165) is 28.8 Å². The van der Waals surface area contributed by atoms with Crippen molar-refractivity contribution in [1.82, 2.24) is 10.6 Å². The van der Waals surface area contributed by atoms with Crippen LogP contribution in [0.2, 0.25) is 0 Å².